The monoisotopic (exact) mass is 271 g/mol. The van der Waals surface area contributed by atoms with Crippen LogP contribution in [0, 0.1) is 0 Å². The van der Waals surface area contributed by atoms with Gasteiger partial charge in [0.1, 0.15) is 0 Å². The predicted octanol–water partition coefficient (Wildman–Crippen LogP) is 0.849. The van der Waals surface area contributed by atoms with Crippen LogP contribution in [0.2, 0.25) is 0 Å². The van der Waals surface area contributed by atoms with Crippen LogP contribution in [0.4, 0.5) is 0 Å². The molecule has 2 N–H and O–H groups in total. The standard InChI is InChI=1S/C11H21N5OS/c1-11(2,3)12-6-9(17)7-18-10-13-14-15-16(10)8-4-5-8/h8-9,12,17H,4-7H2,1-3H3. The van der Waals surface area contributed by atoms with Crippen LogP contribution in [-0.2, 0) is 0 Å². The molecule has 1 aromatic rings. The van der Waals surface area contributed by atoms with E-state index < -0.39 is 6.10 Å². The van der Waals surface area contributed by atoms with Crippen molar-refractivity contribution >= 4 is 11.8 Å². The molecule has 0 aliphatic heterocycles. The quantitative estimate of drug-likeness (QED) is 0.747. The number of β-amino-alcohol motifs (C(OH)–C–C–N with tert-alkyl or cyclic N) is 1. The maximum atomic E-state index is 9.90. The van der Waals surface area contributed by atoms with Gasteiger partial charge in [0.25, 0.3) is 0 Å². The zero-order valence-electron chi connectivity index (χ0n) is 11.1. The van der Waals surface area contributed by atoms with E-state index in [0.29, 0.717) is 18.3 Å². The fraction of sp³-hybridized carbons (Fsp3) is 0.909. The van der Waals surface area contributed by atoms with Crippen molar-refractivity contribution in [2.24, 2.45) is 0 Å². The maximum Gasteiger partial charge on any atom is 0.209 e. The van der Waals surface area contributed by atoms with Crippen LogP contribution >= 0.6 is 11.8 Å². The number of thioether (sulfide) groups is 1. The molecule has 0 aromatic carbocycles. The van der Waals surface area contributed by atoms with Crippen LogP contribution in [0.3, 0.4) is 0 Å². The van der Waals surface area contributed by atoms with Crippen molar-refractivity contribution in [3.8, 4) is 0 Å². The fourth-order valence-electron chi connectivity index (χ4n) is 1.48. The van der Waals surface area contributed by atoms with Gasteiger partial charge >= 0.3 is 0 Å². The molecule has 2 rings (SSSR count). The Bertz CT molecular complexity index is 385. The second-order valence-electron chi connectivity index (χ2n) is 5.73. The Kier molecular flexibility index (Phi) is 4.24. The number of aliphatic hydroxyl groups excluding tert-OH is 1. The first-order valence-corrected chi connectivity index (χ1v) is 7.28. The van der Waals surface area contributed by atoms with E-state index in [2.05, 4.69) is 41.6 Å². The first kappa shape index (κ1) is 13.8. The van der Waals surface area contributed by atoms with Crippen LogP contribution in [0.25, 0.3) is 0 Å². The van der Waals surface area contributed by atoms with E-state index in [9.17, 15) is 5.11 Å². The fourth-order valence-corrected chi connectivity index (χ4v) is 2.35. The summed E-state index contributed by atoms with van der Waals surface area (Å²) in [5.41, 5.74) is 0.0290. The first-order valence-electron chi connectivity index (χ1n) is 6.29. The highest BCUT2D eigenvalue weighted by atomic mass is 32.2. The van der Waals surface area contributed by atoms with E-state index in [1.54, 1.807) is 0 Å². The van der Waals surface area contributed by atoms with E-state index in [0.717, 1.165) is 18.0 Å². The third-order valence-corrected chi connectivity index (χ3v) is 3.71. The Hall–Kier alpha value is -0.660. The van der Waals surface area contributed by atoms with Gasteiger partial charge in [-0.3, -0.25) is 0 Å². The predicted molar refractivity (Wildman–Crippen MR) is 70.6 cm³/mol. The summed E-state index contributed by atoms with van der Waals surface area (Å²) < 4.78 is 1.87. The molecule has 1 saturated carbocycles. The van der Waals surface area contributed by atoms with Gasteiger partial charge in [-0.05, 0) is 44.0 Å². The number of hydrogen-bond donors (Lipinski definition) is 2. The molecule has 0 bridgehead atoms. The van der Waals surface area contributed by atoms with E-state index in [-0.39, 0.29) is 5.54 Å². The molecular weight excluding hydrogens is 250 g/mol. The summed E-state index contributed by atoms with van der Waals surface area (Å²) >= 11 is 1.52. The number of hydrogen-bond acceptors (Lipinski definition) is 6. The van der Waals surface area contributed by atoms with Crippen molar-refractivity contribution in [1.82, 2.24) is 25.5 Å². The van der Waals surface area contributed by atoms with Gasteiger partial charge in [-0.1, -0.05) is 11.8 Å². The average Bonchev–Trinajstić information content (AvgIpc) is 3.02. The summed E-state index contributed by atoms with van der Waals surface area (Å²) in [5, 5.41) is 25.6. The number of aliphatic hydroxyl groups is 1. The van der Waals surface area contributed by atoms with Gasteiger partial charge in [0.05, 0.1) is 12.1 Å². The Morgan fingerprint density at radius 2 is 2.22 bits per heavy atom. The molecule has 102 valence electrons. The third-order valence-electron chi connectivity index (χ3n) is 2.63. The van der Waals surface area contributed by atoms with Gasteiger partial charge in [-0.15, -0.1) is 5.10 Å². The lowest BCUT2D eigenvalue weighted by molar-refractivity contribution is 0.183. The molecule has 0 saturated heterocycles. The molecule has 1 atom stereocenters. The molecule has 1 heterocycles. The highest BCUT2D eigenvalue weighted by Crippen LogP contribution is 2.36. The van der Waals surface area contributed by atoms with Crippen molar-refractivity contribution in [3.63, 3.8) is 0 Å². The minimum absolute atomic E-state index is 0.0290. The van der Waals surface area contributed by atoms with Gasteiger partial charge < -0.3 is 10.4 Å². The van der Waals surface area contributed by atoms with Gasteiger partial charge in [0.15, 0.2) is 0 Å². The third kappa shape index (κ3) is 4.22. The van der Waals surface area contributed by atoms with Gasteiger partial charge in [0, 0.05) is 17.8 Å². The molecule has 1 unspecified atom stereocenters. The molecule has 0 amide bonds. The topological polar surface area (TPSA) is 75.9 Å². The SMILES string of the molecule is CC(C)(C)NCC(O)CSc1nnnn1C1CC1. The Morgan fingerprint density at radius 1 is 1.50 bits per heavy atom. The Balaban J connectivity index is 1.75. The summed E-state index contributed by atoms with van der Waals surface area (Å²) in [5.74, 6) is 0.607. The lowest BCUT2D eigenvalue weighted by atomic mass is 10.1. The number of rotatable bonds is 6. The molecule has 6 nitrogen and oxygen atoms in total. The van der Waals surface area contributed by atoms with Gasteiger partial charge in [-0.2, -0.15) is 0 Å². The molecule has 0 spiro atoms. The maximum absolute atomic E-state index is 9.90. The second kappa shape index (κ2) is 5.54. The minimum atomic E-state index is -0.390. The Labute approximate surface area is 112 Å². The summed E-state index contributed by atoms with van der Waals surface area (Å²) in [7, 11) is 0. The molecule has 7 heteroatoms. The van der Waals surface area contributed by atoms with Crippen LogP contribution in [-0.4, -0.2) is 49.3 Å². The molecule has 18 heavy (non-hydrogen) atoms. The summed E-state index contributed by atoms with van der Waals surface area (Å²) in [6.07, 6.45) is 1.93. The van der Waals surface area contributed by atoms with E-state index in [1.807, 2.05) is 4.68 Å². The number of tetrazole rings is 1. The molecule has 1 fully saturated rings. The first-order chi connectivity index (χ1) is 8.46. The second-order valence-corrected chi connectivity index (χ2v) is 6.72. The van der Waals surface area contributed by atoms with E-state index >= 15 is 0 Å². The van der Waals surface area contributed by atoms with Crippen LogP contribution in [0.1, 0.15) is 39.7 Å². The van der Waals surface area contributed by atoms with Crippen LogP contribution in [0.15, 0.2) is 5.16 Å². The average molecular weight is 271 g/mol. The normalized spacial score (nSPS) is 18.0. The smallest absolute Gasteiger partial charge is 0.209 e. The highest BCUT2D eigenvalue weighted by molar-refractivity contribution is 7.99. The van der Waals surface area contributed by atoms with Crippen molar-refractivity contribution in [3.05, 3.63) is 0 Å². The number of nitrogens with one attached hydrogen (secondary N) is 1. The largest absolute Gasteiger partial charge is 0.391 e. The lowest BCUT2D eigenvalue weighted by Gasteiger charge is -2.22. The lowest BCUT2D eigenvalue weighted by Crippen LogP contribution is -2.41. The molecular formula is C11H21N5OS. The summed E-state index contributed by atoms with van der Waals surface area (Å²) in [6.45, 7) is 6.84. The minimum Gasteiger partial charge on any atom is -0.391 e. The summed E-state index contributed by atoms with van der Waals surface area (Å²) in [6, 6.07) is 0.479. The zero-order valence-corrected chi connectivity index (χ0v) is 11.9. The van der Waals surface area contributed by atoms with E-state index in [4.69, 9.17) is 0 Å². The van der Waals surface area contributed by atoms with Crippen LogP contribution in [0.5, 0.6) is 0 Å². The zero-order chi connectivity index (χ0) is 13.2. The molecule has 0 radical (unpaired) electrons. The molecule has 1 aliphatic rings. The van der Waals surface area contributed by atoms with Crippen molar-refractivity contribution < 1.29 is 5.11 Å². The highest BCUT2D eigenvalue weighted by Gasteiger charge is 2.28. The van der Waals surface area contributed by atoms with Crippen LogP contribution < -0.4 is 5.32 Å². The number of aromatic nitrogens is 4. The van der Waals surface area contributed by atoms with Crippen molar-refractivity contribution in [2.45, 2.75) is 56.5 Å². The molecule has 1 aliphatic carbocycles. The molecule has 1 aromatic heterocycles. The van der Waals surface area contributed by atoms with E-state index in [1.165, 1.54) is 11.8 Å². The van der Waals surface area contributed by atoms with Crippen molar-refractivity contribution in [1.29, 1.82) is 0 Å². The Morgan fingerprint density at radius 3 is 2.83 bits per heavy atom. The van der Waals surface area contributed by atoms with Gasteiger partial charge in [-0.25, -0.2) is 4.68 Å². The summed E-state index contributed by atoms with van der Waals surface area (Å²) in [4.78, 5) is 0. The van der Waals surface area contributed by atoms with Crippen molar-refractivity contribution in [2.75, 3.05) is 12.3 Å². The van der Waals surface area contributed by atoms with Gasteiger partial charge in [0.2, 0.25) is 5.16 Å². The number of nitrogens with zero attached hydrogens (tertiary/aromatic N) is 4.